The predicted octanol–water partition coefficient (Wildman–Crippen LogP) is 2.94. The molecular weight excluding hydrogens is 228 g/mol. The molecule has 4 nitrogen and oxygen atoms in total. The largest absolute Gasteiger partial charge is 0.478 e. The van der Waals surface area contributed by atoms with Crippen LogP contribution in [0.15, 0.2) is 12.1 Å². The Bertz CT molecular complexity index is 639. The lowest BCUT2D eigenvalue weighted by Crippen LogP contribution is -2.00. The van der Waals surface area contributed by atoms with Crippen molar-refractivity contribution in [2.75, 3.05) is 0 Å². The molecule has 1 aliphatic carbocycles. The van der Waals surface area contributed by atoms with Gasteiger partial charge >= 0.3 is 5.97 Å². The number of aromatic carboxylic acids is 1. The molecule has 3 rings (SSSR count). The van der Waals surface area contributed by atoms with E-state index in [1.54, 1.807) is 12.1 Å². The van der Waals surface area contributed by atoms with Crippen molar-refractivity contribution in [2.24, 2.45) is 0 Å². The number of carbonyl (C=O) groups is 1. The molecule has 1 aromatic heterocycles. The Morgan fingerprint density at radius 3 is 2.78 bits per heavy atom. The molecule has 0 saturated heterocycles. The molecule has 1 heterocycles. The molecular formula is C14H16N2O2. The zero-order valence-electron chi connectivity index (χ0n) is 10.6. The fourth-order valence-electron chi connectivity index (χ4n) is 2.53. The number of carboxylic acid groups (broad SMARTS) is 1. The van der Waals surface area contributed by atoms with Gasteiger partial charge in [0.05, 0.1) is 22.8 Å². The number of hydrogen-bond donors (Lipinski definition) is 1. The van der Waals surface area contributed by atoms with Crippen LogP contribution in [0.4, 0.5) is 0 Å². The summed E-state index contributed by atoms with van der Waals surface area (Å²) in [5.74, 6) is -0.874. The van der Waals surface area contributed by atoms with E-state index >= 15 is 0 Å². The molecule has 94 valence electrons. The molecule has 1 N–H and O–H groups in total. The lowest BCUT2D eigenvalue weighted by atomic mass is 10.0. The van der Waals surface area contributed by atoms with E-state index in [1.807, 2.05) is 11.6 Å². The molecule has 0 radical (unpaired) electrons. The first-order valence-corrected chi connectivity index (χ1v) is 6.37. The number of carboxylic acids is 1. The van der Waals surface area contributed by atoms with Crippen LogP contribution in [0.2, 0.25) is 0 Å². The third-order valence-electron chi connectivity index (χ3n) is 3.55. The summed E-state index contributed by atoms with van der Waals surface area (Å²) in [4.78, 5) is 11.1. The molecule has 4 heteroatoms. The summed E-state index contributed by atoms with van der Waals surface area (Å²) in [6.07, 6.45) is 3.18. The normalized spacial score (nSPS) is 15.2. The highest BCUT2D eigenvalue weighted by molar-refractivity contribution is 5.95. The molecule has 1 aromatic carbocycles. The third kappa shape index (κ3) is 1.60. The SMILES string of the molecule is CCc1nn(C2CC2)c2cc(C(=O)O)cc(C)c12. The van der Waals surface area contributed by atoms with Crippen molar-refractivity contribution in [3.8, 4) is 0 Å². The van der Waals surface area contributed by atoms with Crippen LogP contribution in [0, 0.1) is 6.92 Å². The van der Waals surface area contributed by atoms with E-state index in [1.165, 1.54) is 0 Å². The van der Waals surface area contributed by atoms with Crippen molar-refractivity contribution in [1.29, 1.82) is 0 Å². The third-order valence-corrected chi connectivity index (χ3v) is 3.55. The van der Waals surface area contributed by atoms with Crippen LogP contribution in [-0.2, 0) is 6.42 Å². The van der Waals surface area contributed by atoms with E-state index in [9.17, 15) is 4.79 Å². The first-order valence-electron chi connectivity index (χ1n) is 6.37. The molecule has 0 unspecified atom stereocenters. The molecule has 1 aliphatic rings. The van der Waals surface area contributed by atoms with Gasteiger partial charge in [-0.15, -0.1) is 0 Å². The molecule has 18 heavy (non-hydrogen) atoms. The van der Waals surface area contributed by atoms with Gasteiger partial charge in [-0.2, -0.15) is 5.10 Å². The van der Waals surface area contributed by atoms with Crippen LogP contribution in [0.3, 0.4) is 0 Å². The van der Waals surface area contributed by atoms with Gasteiger partial charge in [0.2, 0.25) is 0 Å². The van der Waals surface area contributed by atoms with Gasteiger partial charge in [-0.1, -0.05) is 6.92 Å². The summed E-state index contributed by atoms with van der Waals surface area (Å²) in [7, 11) is 0. The summed E-state index contributed by atoms with van der Waals surface area (Å²) in [5.41, 5.74) is 3.41. The highest BCUT2D eigenvalue weighted by Crippen LogP contribution is 2.38. The Hall–Kier alpha value is -1.84. The first kappa shape index (κ1) is 11.3. The minimum atomic E-state index is -0.874. The van der Waals surface area contributed by atoms with Crippen LogP contribution in [-0.4, -0.2) is 20.9 Å². The second kappa shape index (κ2) is 3.83. The average Bonchev–Trinajstić information content (AvgIpc) is 3.10. The first-order chi connectivity index (χ1) is 8.61. The second-order valence-corrected chi connectivity index (χ2v) is 4.97. The van der Waals surface area contributed by atoms with E-state index in [2.05, 4.69) is 12.0 Å². The minimum absolute atomic E-state index is 0.351. The summed E-state index contributed by atoms with van der Waals surface area (Å²) in [6, 6.07) is 3.97. The monoisotopic (exact) mass is 244 g/mol. The maximum atomic E-state index is 11.1. The van der Waals surface area contributed by atoms with Gasteiger partial charge in [0.15, 0.2) is 0 Å². The van der Waals surface area contributed by atoms with Gasteiger partial charge in [-0.3, -0.25) is 4.68 Å². The van der Waals surface area contributed by atoms with Crippen LogP contribution in [0.25, 0.3) is 10.9 Å². The maximum absolute atomic E-state index is 11.1. The lowest BCUT2D eigenvalue weighted by molar-refractivity contribution is 0.0697. The smallest absolute Gasteiger partial charge is 0.335 e. The molecule has 0 bridgehead atoms. The van der Waals surface area contributed by atoms with Crippen molar-refractivity contribution in [3.63, 3.8) is 0 Å². The molecule has 0 aliphatic heterocycles. The second-order valence-electron chi connectivity index (χ2n) is 4.97. The number of fused-ring (bicyclic) bond motifs is 1. The molecule has 2 aromatic rings. The standard InChI is InChI=1S/C14H16N2O2/c1-3-11-13-8(2)6-9(14(17)18)7-12(13)16(15-11)10-4-5-10/h6-7,10H,3-5H2,1-2H3,(H,17,18). The van der Waals surface area contributed by atoms with Crippen LogP contribution >= 0.6 is 0 Å². The van der Waals surface area contributed by atoms with Crippen LogP contribution in [0.1, 0.15) is 47.4 Å². The number of benzene rings is 1. The van der Waals surface area contributed by atoms with Gasteiger partial charge in [0, 0.05) is 5.39 Å². The van der Waals surface area contributed by atoms with Gasteiger partial charge in [-0.25, -0.2) is 4.79 Å². The fourth-order valence-corrected chi connectivity index (χ4v) is 2.53. The quantitative estimate of drug-likeness (QED) is 0.903. The summed E-state index contributed by atoms with van der Waals surface area (Å²) in [5, 5.41) is 14.9. The number of nitrogens with zero attached hydrogens (tertiary/aromatic N) is 2. The number of aryl methyl sites for hydroxylation is 2. The summed E-state index contributed by atoms with van der Waals surface area (Å²) in [6.45, 7) is 4.05. The van der Waals surface area contributed by atoms with Crippen molar-refractivity contribution in [3.05, 3.63) is 29.0 Å². The van der Waals surface area contributed by atoms with Crippen molar-refractivity contribution in [1.82, 2.24) is 9.78 Å². The Kier molecular flexibility index (Phi) is 2.40. The highest BCUT2D eigenvalue weighted by Gasteiger charge is 2.28. The topological polar surface area (TPSA) is 55.1 Å². The molecule has 0 atom stereocenters. The Balaban J connectivity index is 2.32. The maximum Gasteiger partial charge on any atom is 0.335 e. The van der Waals surface area contributed by atoms with E-state index in [0.717, 1.165) is 41.4 Å². The van der Waals surface area contributed by atoms with Gasteiger partial charge in [0.1, 0.15) is 0 Å². The Morgan fingerprint density at radius 2 is 2.22 bits per heavy atom. The van der Waals surface area contributed by atoms with E-state index in [-0.39, 0.29) is 0 Å². The average molecular weight is 244 g/mol. The number of rotatable bonds is 3. The zero-order chi connectivity index (χ0) is 12.9. The Labute approximate surface area is 105 Å². The fraction of sp³-hybridized carbons (Fsp3) is 0.429. The minimum Gasteiger partial charge on any atom is -0.478 e. The summed E-state index contributed by atoms with van der Waals surface area (Å²) < 4.78 is 2.02. The summed E-state index contributed by atoms with van der Waals surface area (Å²) >= 11 is 0. The number of hydrogen-bond acceptors (Lipinski definition) is 2. The van der Waals surface area contributed by atoms with Crippen molar-refractivity contribution >= 4 is 16.9 Å². The predicted molar refractivity (Wildman–Crippen MR) is 69.1 cm³/mol. The van der Waals surface area contributed by atoms with Crippen LogP contribution < -0.4 is 0 Å². The van der Waals surface area contributed by atoms with Gasteiger partial charge in [-0.05, 0) is 43.9 Å². The highest BCUT2D eigenvalue weighted by atomic mass is 16.4. The van der Waals surface area contributed by atoms with Gasteiger partial charge < -0.3 is 5.11 Å². The van der Waals surface area contributed by atoms with E-state index in [0.29, 0.717) is 11.6 Å². The molecule has 1 saturated carbocycles. The van der Waals surface area contributed by atoms with E-state index in [4.69, 9.17) is 5.11 Å². The molecule has 0 spiro atoms. The van der Waals surface area contributed by atoms with Gasteiger partial charge in [0.25, 0.3) is 0 Å². The Morgan fingerprint density at radius 1 is 1.50 bits per heavy atom. The molecule has 0 amide bonds. The van der Waals surface area contributed by atoms with Crippen molar-refractivity contribution in [2.45, 2.75) is 39.2 Å². The lowest BCUT2D eigenvalue weighted by Gasteiger charge is -2.03. The van der Waals surface area contributed by atoms with Crippen molar-refractivity contribution < 1.29 is 9.90 Å². The van der Waals surface area contributed by atoms with Crippen LogP contribution in [0.5, 0.6) is 0 Å². The molecule has 1 fully saturated rings. The number of aromatic nitrogens is 2. The van der Waals surface area contributed by atoms with E-state index < -0.39 is 5.97 Å². The zero-order valence-corrected chi connectivity index (χ0v) is 10.6.